The van der Waals surface area contributed by atoms with Crippen LogP contribution in [0.25, 0.3) is 0 Å². The molecule has 0 aromatic rings. The second-order valence-corrected chi connectivity index (χ2v) is 1.62. The van der Waals surface area contributed by atoms with Gasteiger partial charge in [-0.1, -0.05) is 12.2 Å². The first-order valence-corrected chi connectivity index (χ1v) is 2.56. The van der Waals surface area contributed by atoms with E-state index in [0.717, 1.165) is 6.42 Å². The van der Waals surface area contributed by atoms with Crippen LogP contribution in [-0.2, 0) is 4.74 Å². The highest BCUT2D eigenvalue weighted by Gasteiger charge is 2.05. The first-order valence-electron chi connectivity index (χ1n) is 2.56. The minimum Gasteiger partial charge on any atom is -0.350 e. The van der Waals surface area contributed by atoms with Crippen molar-refractivity contribution >= 4 is 0 Å². The quantitative estimate of drug-likeness (QED) is 0.403. The molecular formula is C5H8N2O. The van der Waals surface area contributed by atoms with Crippen molar-refractivity contribution in [1.82, 2.24) is 0 Å². The lowest BCUT2D eigenvalue weighted by atomic mass is 10.3. The summed E-state index contributed by atoms with van der Waals surface area (Å²) in [6.07, 6.45) is 4.46. The molecule has 0 radical (unpaired) electrons. The first-order chi connectivity index (χ1) is 3.93. The summed E-state index contributed by atoms with van der Waals surface area (Å²) in [6.45, 7) is 0.604. The van der Waals surface area contributed by atoms with Crippen molar-refractivity contribution in [2.75, 3.05) is 6.61 Å². The minimum absolute atomic E-state index is 0.208. The zero-order chi connectivity index (χ0) is 5.82. The van der Waals surface area contributed by atoms with Crippen LogP contribution >= 0.6 is 0 Å². The van der Waals surface area contributed by atoms with Crippen molar-refractivity contribution in [3.8, 4) is 0 Å². The molecule has 0 saturated carbocycles. The van der Waals surface area contributed by atoms with Gasteiger partial charge in [0.25, 0.3) is 0 Å². The van der Waals surface area contributed by atoms with Crippen LogP contribution in [0.2, 0.25) is 0 Å². The lowest BCUT2D eigenvalue weighted by Gasteiger charge is -2.11. The Hall–Kier alpha value is -0.700. The van der Waals surface area contributed by atoms with Gasteiger partial charge in [-0.3, -0.25) is 0 Å². The third kappa shape index (κ3) is 1.13. The normalized spacial score (nSPS) is 27.8. The maximum Gasteiger partial charge on any atom is 0.172 e. The number of ether oxygens (including phenoxy) is 1. The molecule has 3 heteroatoms. The molecule has 1 unspecified atom stereocenters. The second kappa shape index (κ2) is 2.57. The van der Waals surface area contributed by atoms with Crippen LogP contribution in [0.5, 0.6) is 0 Å². The van der Waals surface area contributed by atoms with E-state index >= 15 is 0 Å². The lowest BCUT2D eigenvalue weighted by Crippen LogP contribution is -2.11. The highest BCUT2D eigenvalue weighted by atomic mass is 16.5. The summed E-state index contributed by atoms with van der Waals surface area (Å²) in [7, 11) is 0. The third-order valence-electron chi connectivity index (χ3n) is 1.03. The summed E-state index contributed by atoms with van der Waals surface area (Å²) < 4.78 is 4.99. The van der Waals surface area contributed by atoms with Crippen LogP contribution in [-0.4, -0.2) is 12.8 Å². The SMILES string of the molecule is N=NC1CC=CCO1. The molecule has 1 aliphatic rings. The van der Waals surface area contributed by atoms with Gasteiger partial charge in [-0.25, -0.2) is 5.53 Å². The van der Waals surface area contributed by atoms with Gasteiger partial charge in [0.15, 0.2) is 6.23 Å². The molecule has 0 amide bonds. The molecule has 0 saturated heterocycles. The minimum atomic E-state index is -0.208. The third-order valence-corrected chi connectivity index (χ3v) is 1.03. The van der Waals surface area contributed by atoms with Crippen LogP contribution in [0.15, 0.2) is 17.3 Å². The van der Waals surface area contributed by atoms with Gasteiger partial charge in [-0.15, -0.1) is 0 Å². The van der Waals surface area contributed by atoms with Crippen molar-refractivity contribution in [2.24, 2.45) is 5.11 Å². The molecule has 8 heavy (non-hydrogen) atoms. The zero-order valence-electron chi connectivity index (χ0n) is 4.50. The van der Waals surface area contributed by atoms with Crippen LogP contribution in [0.3, 0.4) is 0 Å². The summed E-state index contributed by atoms with van der Waals surface area (Å²) >= 11 is 0. The Bertz CT molecular complexity index is 111. The fourth-order valence-corrected chi connectivity index (χ4v) is 0.605. The average molecular weight is 112 g/mol. The molecule has 3 nitrogen and oxygen atoms in total. The first kappa shape index (κ1) is 5.44. The maximum absolute atomic E-state index is 6.56. The number of nitrogens with zero attached hydrogens (tertiary/aromatic N) is 1. The van der Waals surface area contributed by atoms with E-state index in [1.165, 1.54) is 0 Å². The Balaban J connectivity index is 2.37. The van der Waals surface area contributed by atoms with E-state index in [2.05, 4.69) is 5.11 Å². The zero-order valence-corrected chi connectivity index (χ0v) is 4.50. The molecule has 0 aromatic heterocycles. The molecule has 1 heterocycles. The van der Waals surface area contributed by atoms with E-state index in [0.29, 0.717) is 6.61 Å². The second-order valence-electron chi connectivity index (χ2n) is 1.62. The highest BCUT2D eigenvalue weighted by Crippen LogP contribution is 2.05. The Morgan fingerprint density at radius 1 is 1.62 bits per heavy atom. The fraction of sp³-hybridized carbons (Fsp3) is 0.600. The maximum atomic E-state index is 6.56. The van der Waals surface area contributed by atoms with Crippen molar-refractivity contribution < 1.29 is 4.74 Å². The van der Waals surface area contributed by atoms with Gasteiger partial charge in [0.1, 0.15) is 0 Å². The lowest BCUT2D eigenvalue weighted by molar-refractivity contribution is 0.0673. The molecule has 44 valence electrons. The molecule has 0 spiro atoms. The Morgan fingerprint density at radius 3 is 2.88 bits per heavy atom. The number of hydrogen-bond donors (Lipinski definition) is 1. The van der Waals surface area contributed by atoms with Gasteiger partial charge in [-0.2, -0.15) is 5.11 Å². The largest absolute Gasteiger partial charge is 0.350 e. The number of rotatable bonds is 1. The molecule has 1 atom stereocenters. The summed E-state index contributed by atoms with van der Waals surface area (Å²) in [5, 5.41) is 3.22. The van der Waals surface area contributed by atoms with Gasteiger partial charge in [-0.05, 0) is 0 Å². The molecule has 0 aliphatic carbocycles. The topological polar surface area (TPSA) is 45.4 Å². The average Bonchev–Trinajstić information content (AvgIpc) is 1.90. The predicted octanol–water partition coefficient (Wildman–Crippen LogP) is 1.32. The molecule has 1 rings (SSSR count). The van der Waals surface area contributed by atoms with E-state index in [1.807, 2.05) is 12.2 Å². The van der Waals surface area contributed by atoms with E-state index in [9.17, 15) is 0 Å². The van der Waals surface area contributed by atoms with E-state index in [-0.39, 0.29) is 6.23 Å². The molecule has 0 fully saturated rings. The standard InChI is InChI=1S/C5H8N2O/c6-7-5-3-1-2-4-8-5/h1-2,5-6H,3-4H2. The summed E-state index contributed by atoms with van der Waals surface area (Å²) in [5.74, 6) is 0. The van der Waals surface area contributed by atoms with Crippen molar-refractivity contribution in [3.05, 3.63) is 12.2 Å². The Kier molecular flexibility index (Phi) is 1.75. The van der Waals surface area contributed by atoms with Gasteiger partial charge in [0, 0.05) is 6.42 Å². The Labute approximate surface area is 47.9 Å². The molecule has 1 N–H and O–H groups in total. The summed E-state index contributed by atoms with van der Waals surface area (Å²) in [5.41, 5.74) is 6.56. The van der Waals surface area contributed by atoms with Gasteiger partial charge < -0.3 is 4.74 Å². The van der Waals surface area contributed by atoms with Gasteiger partial charge >= 0.3 is 0 Å². The predicted molar refractivity (Wildman–Crippen MR) is 28.6 cm³/mol. The monoisotopic (exact) mass is 112 g/mol. The van der Waals surface area contributed by atoms with Crippen molar-refractivity contribution in [1.29, 1.82) is 5.53 Å². The molecule has 0 aromatic carbocycles. The van der Waals surface area contributed by atoms with Gasteiger partial charge in [0.2, 0.25) is 0 Å². The van der Waals surface area contributed by atoms with E-state index in [1.54, 1.807) is 0 Å². The Morgan fingerprint density at radius 2 is 2.50 bits per heavy atom. The van der Waals surface area contributed by atoms with E-state index < -0.39 is 0 Å². The molecular weight excluding hydrogens is 104 g/mol. The highest BCUT2D eigenvalue weighted by molar-refractivity contribution is 4.87. The summed E-state index contributed by atoms with van der Waals surface area (Å²) in [6, 6.07) is 0. The van der Waals surface area contributed by atoms with Crippen LogP contribution in [0.4, 0.5) is 0 Å². The smallest absolute Gasteiger partial charge is 0.172 e. The van der Waals surface area contributed by atoms with Crippen molar-refractivity contribution in [3.63, 3.8) is 0 Å². The fourth-order valence-electron chi connectivity index (χ4n) is 0.605. The van der Waals surface area contributed by atoms with E-state index in [4.69, 9.17) is 10.3 Å². The van der Waals surface area contributed by atoms with Crippen molar-refractivity contribution in [2.45, 2.75) is 12.6 Å². The van der Waals surface area contributed by atoms with Crippen LogP contribution < -0.4 is 0 Å². The molecule has 1 aliphatic heterocycles. The summed E-state index contributed by atoms with van der Waals surface area (Å²) in [4.78, 5) is 0. The van der Waals surface area contributed by atoms with Crippen LogP contribution in [0.1, 0.15) is 6.42 Å². The van der Waals surface area contributed by atoms with Gasteiger partial charge in [0.05, 0.1) is 6.61 Å². The molecule has 0 bridgehead atoms. The number of nitrogens with one attached hydrogen (secondary N) is 1. The number of hydrogen-bond acceptors (Lipinski definition) is 3. The van der Waals surface area contributed by atoms with Crippen LogP contribution in [0, 0.1) is 5.53 Å².